The van der Waals surface area contributed by atoms with Gasteiger partial charge in [-0.3, -0.25) is 9.78 Å². The van der Waals surface area contributed by atoms with Gasteiger partial charge >= 0.3 is 0 Å². The number of hydrogen-bond acceptors (Lipinski definition) is 7. The Labute approximate surface area is 182 Å². The number of halogens is 1. The van der Waals surface area contributed by atoms with Crippen LogP contribution in [0.25, 0.3) is 16.9 Å². The van der Waals surface area contributed by atoms with Crippen LogP contribution < -0.4 is 10.1 Å². The Bertz CT molecular complexity index is 1280. The molecule has 10 heteroatoms. The van der Waals surface area contributed by atoms with Crippen LogP contribution in [0, 0.1) is 12.7 Å². The van der Waals surface area contributed by atoms with Crippen molar-refractivity contribution in [1.29, 1.82) is 0 Å². The average molecular weight is 437 g/mol. The molecular formula is C22H20FN5O4. The Kier molecular flexibility index (Phi) is 6.06. The van der Waals surface area contributed by atoms with Crippen LogP contribution in [0.1, 0.15) is 16.2 Å². The van der Waals surface area contributed by atoms with Crippen LogP contribution in [0.15, 0.2) is 54.9 Å². The molecule has 164 valence electrons. The number of rotatable bonds is 7. The molecule has 1 aromatic carbocycles. The van der Waals surface area contributed by atoms with Crippen LogP contribution in [-0.2, 0) is 0 Å². The fourth-order valence-electron chi connectivity index (χ4n) is 3.11. The Morgan fingerprint density at radius 2 is 2.12 bits per heavy atom. The zero-order valence-corrected chi connectivity index (χ0v) is 17.1. The van der Waals surface area contributed by atoms with Gasteiger partial charge in [0.25, 0.3) is 5.91 Å². The fourth-order valence-corrected chi connectivity index (χ4v) is 3.11. The predicted molar refractivity (Wildman–Crippen MR) is 114 cm³/mol. The highest BCUT2D eigenvalue weighted by atomic mass is 19.1. The van der Waals surface area contributed by atoms with E-state index in [0.29, 0.717) is 28.3 Å². The number of nitrogens with one attached hydrogen (secondary N) is 1. The van der Waals surface area contributed by atoms with Gasteiger partial charge in [-0.2, -0.15) is 5.10 Å². The Morgan fingerprint density at radius 1 is 1.28 bits per heavy atom. The second-order valence-corrected chi connectivity index (χ2v) is 7.02. The number of ether oxygens (including phenoxy) is 1. The van der Waals surface area contributed by atoms with E-state index in [1.807, 2.05) is 6.07 Å². The van der Waals surface area contributed by atoms with Crippen LogP contribution in [0.5, 0.6) is 5.75 Å². The van der Waals surface area contributed by atoms with E-state index < -0.39 is 24.4 Å². The monoisotopic (exact) mass is 437 g/mol. The molecule has 9 nitrogen and oxygen atoms in total. The van der Waals surface area contributed by atoms with Gasteiger partial charge in [-0.1, -0.05) is 12.1 Å². The van der Waals surface area contributed by atoms with E-state index in [0.717, 1.165) is 6.20 Å². The molecule has 4 aromatic rings. The predicted octanol–water partition coefficient (Wildman–Crippen LogP) is 2.22. The van der Waals surface area contributed by atoms with Crippen LogP contribution in [-0.4, -0.2) is 55.0 Å². The molecule has 0 saturated carbocycles. The molecule has 1 amide bonds. The lowest BCUT2D eigenvalue weighted by Gasteiger charge is -2.11. The molecular weight excluding hydrogens is 417 g/mol. The largest absolute Gasteiger partial charge is 0.491 e. The van der Waals surface area contributed by atoms with Crippen LogP contribution in [0.4, 0.5) is 10.1 Å². The number of anilines is 1. The molecule has 3 heterocycles. The molecule has 0 spiro atoms. The number of aliphatic hydroxyl groups excluding tert-OH is 2. The standard InChI is InChI=1S/C22H20FN5O4/c1-13-21(22(31)26-19-7-8-24-10-17(19)23)28-20(25-13)6-5-18(27-28)14-3-2-4-16(9-14)32-12-15(30)11-29/h2-10,15,29-30H,11-12H2,1H3,(H,24,26,31)/t15-/m1/s1. The third-order valence-corrected chi connectivity index (χ3v) is 4.67. The first-order valence-electron chi connectivity index (χ1n) is 9.75. The maximum Gasteiger partial charge on any atom is 0.276 e. The highest BCUT2D eigenvalue weighted by molar-refractivity contribution is 6.04. The van der Waals surface area contributed by atoms with Crippen molar-refractivity contribution in [3.63, 3.8) is 0 Å². The topological polar surface area (TPSA) is 122 Å². The molecule has 0 fully saturated rings. The van der Waals surface area contributed by atoms with Crippen LogP contribution in [0.3, 0.4) is 0 Å². The lowest BCUT2D eigenvalue weighted by atomic mass is 10.1. The minimum atomic E-state index is -0.978. The number of carbonyl (C=O) groups excluding carboxylic acids is 1. The number of imidazole rings is 1. The number of aliphatic hydroxyl groups is 2. The molecule has 3 N–H and O–H groups in total. The van der Waals surface area contributed by atoms with Crippen LogP contribution in [0.2, 0.25) is 0 Å². The summed E-state index contributed by atoms with van der Waals surface area (Å²) in [6.07, 6.45) is 1.42. The summed E-state index contributed by atoms with van der Waals surface area (Å²) in [6, 6.07) is 11.9. The number of aromatic nitrogens is 4. The number of carbonyl (C=O) groups is 1. The number of amides is 1. The number of fused-ring (bicyclic) bond motifs is 1. The van der Waals surface area contributed by atoms with Gasteiger partial charge in [0.2, 0.25) is 0 Å². The average Bonchev–Trinajstić information content (AvgIpc) is 3.14. The van der Waals surface area contributed by atoms with Crippen molar-refractivity contribution in [2.45, 2.75) is 13.0 Å². The summed E-state index contributed by atoms with van der Waals surface area (Å²) >= 11 is 0. The SMILES string of the molecule is Cc1nc2ccc(-c3cccc(OC[C@H](O)CO)c3)nn2c1C(=O)Nc1ccncc1F. The Morgan fingerprint density at radius 3 is 2.91 bits per heavy atom. The summed E-state index contributed by atoms with van der Waals surface area (Å²) in [5.41, 5.74) is 2.34. The molecule has 0 unspecified atom stereocenters. The van der Waals surface area contributed by atoms with Crippen molar-refractivity contribution in [2.75, 3.05) is 18.5 Å². The van der Waals surface area contributed by atoms with E-state index in [9.17, 15) is 14.3 Å². The van der Waals surface area contributed by atoms with Crippen molar-refractivity contribution in [2.24, 2.45) is 0 Å². The first-order valence-corrected chi connectivity index (χ1v) is 9.75. The van der Waals surface area contributed by atoms with Gasteiger partial charge in [0, 0.05) is 11.8 Å². The molecule has 0 aliphatic rings. The lowest BCUT2D eigenvalue weighted by molar-refractivity contribution is 0.0536. The number of hydrogen-bond donors (Lipinski definition) is 3. The van der Waals surface area contributed by atoms with Crippen molar-refractivity contribution in [3.8, 4) is 17.0 Å². The highest BCUT2D eigenvalue weighted by Gasteiger charge is 2.20. The number of aryl methyl sites for hydroxylation is 1. The molecule has 0 aliphatic carbocycles. The summed E-state index contributed by atoms with van der Waals surface area (Å²) in [6.45, 7) is 1.22. The van der Waals surface area contributed by atoms with Gasteiger partial charge < -0.3 is 20.3 Å². The summed E-state index contributed by atoms with van der Waals surface area (Å²) < 4.78 is 20.8. The highest BCUT2D eigenvalue weighted by Crippen LogP contribution is 2.24. The van der Waals surface area contributed by atoms with Gasteiger partial charge in [0.1, 0.15) is 18.5 Å². The molecule has 1 atom stereocenters. The van der Waals surface area contributed by atoms with Crippen molar-refractivity contribution in [3.05, 3.63) is 72.1 Å². The molecule has 0 saturated heterocycles. The quantitative estimate of drug-likeness (QED) is 0.405. The Balaban J connectivity index is 1.66. The van der Waals surface area contributed by atoms with Crippen LogP contribution >= 0.6 is 0 Å². The molecule has 4 rings (SSSR count). The van der Waals surface area contributed by atoms with Gasteiger partial charge in [0.05, 0.1) is 29.9 Å². The van der Waals surface area contributed by atoms with E-state index >= 15 is 0 Å². The molecule has 0 radical (unpaired) electrons. The lowest BCUT2D eigenvalue weighted by Crippen LogP contribution is -2.21. The number of pyridine rings is 1. The van der Waals surface area contributed by atoms with E-state index in [4.69, 9.17) is 9.84 Å². The van der Waals surface area contributed by atoms with Gasteiger partial charge in [-0.05, 0) is 37.3 Å². The smallest absolute Gasteiger partial charge is 0.276 e. The van der Waals surface area contributed by atoms with E-state index in [2.05, 4.69) is 20.4 Å². The zero-order chi connectivity index (χ0) is 22.7. The number of nitrogens with zero attached hydrogens (tertiary/aromatic N) is 4. The summed E-state index contributed by atoms with van der Waals surface area (Å²) in [5.74, 6) is -0.714. The minimum absolute atomic E-state index is 0.00502. The molecule has 0 bridgehead atoms. The van der Waals surface area contributed by atoms with Crippen molar-refractivity contribution >= 4 is 17.2 Å². The van der Waals surface area contributed by atoms with Gasteiger partial charge in [-0.15, -0.1) is 0 Å². The summed E-state index contributed by atoms with van der Waals surface area (Å²) in [7, 11) is 0. The van der Waals surface area contributed by atoms with Crippen molar-refractivity contribution in [1.82, 2.24) is 19.6 Å². The maximum atomic E-state index is 13.9. The molecule has 0 aliphatic heterocycles. The second kappa shape index (κ2) is 9.08. The summed E-state index contributed by atoms with van der Waals surface area (Å²) in [4.78, 5) is 20.9. The minimum Gasteiger partial charge on any atom is -0.491 e. The zero-order valence-electron chi connectivity index (χ0n) is 17.1. The molecule has 3 aromatic heterocycles. The molecule has 32 heavy (non-hydrogen) atoms. The fraction of sp³-hybridized carbons (Fsp3) is 0.182. The van der Waals surface area contributed by atoms with Crippen molar-refractivity contribution < 1.29 is 24.1 Å². The third kappa shape index (κ3) is 4.41. The first-order chi connectivity index (χ1) is 15.5. The normalized spacial score (nSPS) is 12.0. The van der Waals surface area contributed by atoms with E-state index in [1.54, 1.807) is 37.3 Å². The third-order valence-electron chi connectivity index (χ3n) is 4.67. The Hall–Kier alpha value is -3.89. The second-order valence-electron chi connectivity index (χ2n) is 7.02. The number of benzene rings is 1. The van der Waals surface area contributed by atoms with E-state index in [-0.39, 0.29) is 18.0 Å². The van der Waals surface area contributed by atoms with Gasteiger partial charge in [-0.25, -0.2) is 13.9 Å². The maximum absolute atomic E-state index is 13.9. The first kappa shape index (κ1) is 21.3. The van der Waals surface area contributed by atoms with E-state index in [1.165, 1.54) is 16.8 Å². The van der Waals surface area contributed by atoms with Gasteiger partial charge in [0.15, 0.2) is 17.2 Å². The summed E-state index contributed by atoms with van der Waals surface area (Å²) in [5, 5.41) is 25.5.